The third kappa shape index (κ3) is 3.01. The monoisotopic (exact) mass is 313 g/mol. The van der Waals surface area contributed by atoms with Gasteiger partial charge in [0.05, 0.1) is 11.4 Å². The molecule has 0 fully saturated rings. The van der Waals surface area contributed by atoms with Crippen LogP contribution in [0.4, 0.5) is 5.69 Å². The first-order valence-electron chi connectivity index (χ1n) is 5.24. The fourth-order valence-electron chi connectivity index (χ4n) is 1.65. The summed E-state index contributed by atoms with van der Waals surface area (Å²) in [5, 5.41) is 8.36. The van der Waals surface area contributed by atoms with Crippen molar-refractivity contribution in [3.8, 4) is 0 Å². The van der Waals surface area contributed by atoms with Gasteiger partial charge < -0.3 is 5.32 Å². The van der Waals surface area contributed by atoms with Gasteiger partial charge in [-0.25, -0.2) is 0 Å². The third-order valence-corrected chi connectivity index (χ3v) is 3.44. The Hall–Kier alpha value is -1.000. The van der Waals surface area contributed by atoms with Crippen molar-refractivity contribution in [1.82, 2.24) is 9.78 Å². The smallest absolute Gasteiger partial charge is 0.0643 e. The number of benzene rings is 1. The van der Waals surface area contributed by atoms with Crippen LogP contribution in [0, 0.1) is 6.92 Å². The average molecular weight is 315 g/mol. The zero-order valence-electron chi connectivity index (χ0n) is 9.67. The molecule has 0 atom stereocenters. The topological polar surface area (TPSA) is 29.9 Å². The Morgan fingerprint density at radius 2 is 2.24 bits per heavy atom. The van der Waals surface area contributed by atoms with Gasteiger partial charge in [-0.3, -0.25) is 4.68 Å². The molecular weight excluding hydrogens is 302 g/mol. The zero-order valence-corrected chi connectivity index (χ0v) is 12.0. The fraction of sp³-hybridized carbons (Fsp3) is 0.250. The van der Waals surface area contributed by atoms with Crippen molar-refractivity contribution in [3.05, 3.63) is 45.1 Å². The van der Waals surface area contributed by atoms with Gasteiger partial charge in [0.2, 0.25) is 0 Å². The predicted octanol–water partition coefficient (Wildman–Crippen LogP) is 3.76. The van der Waals surface area contributed by atoms with Crippen molar-refractivity contribution in [2.75, 3.05) is 5.32 Å². The number of anilines is 1. The number of aryl methyl sites for hydroxylation is 2. The van der Waals surface area contributed by atoms with E-state index in [9.17, 15) is 0 Å². The van der Waals surface area contributed by atoms with Gasteiger partial charge in [-0.1, -0.05) is 11.6 Å². The lowest BCUT2D eigenvalue weighted by molar-refractivity contribution is 0.756. The lowest BCUT2D eigenvalue weighted by Crippen LogP contribution is -2.00. The Morgan fingerprint density at radius 3 is 2.88 bits per heavy atom. The standard InChI is InChI=1S/C12H13BrClN3/c1-8-9(7-17(2)16-8)6-15-12-5-10(14)3-4-11(12)13/h3-5,7,15H,6H2,1-2H3. The van der Waals surface area contributed by atoms with E-state index in [1.807, 2.05) is 43.0 Å². The Balaban J connectivity index is 2.12. The van der Waals surface area contributed by atoms with Crippen LogP contribution in [0.5, 0.6) is 0 Å². The molecule has 0 saturated heterocycles. The van der Waals surface area contributed by atoms with Crippen LogP contribution in [0.2, 0.25) is 5.02 Å². The van der Waals surface area contributed by atoms with Gasteiger partial charge in [-0.15, -0.1) is 0 Å². The van der Waals surface area contributed by atoms with Crippen molar-refractivity contribution < 1.29 is 0 Å². The molecule has 0 amide bonds. The molecule has 1 N–H and O–H groups in total. The van der Waals surface area contributed by atoms with E-state index in [0.29, 0.717) is 0 Å². The van der Waals surface area contributed by atoms with Crippen LogP contribution in [0.25, 0.3) is 0 Å². The summed E-state index contributed by atoms with van der Waals surface area (Å²) in [7, 11) is 1.92. The van der Waals surface area contributed by atoms with Crippen molar-refractivity contribution >= 4 is 33.2 Å². The number of rotatable bonds is 3. The summed E-state index contributed by atoms with van der Waals surface area (Å²) in [5.74, 6) is 0. The van der Waals surface area contributed by atoms with E-state index in [2.05, 4.69) is 26.3 Å². The second kappa shape index (κ2) is 5.10. The molecule has 0 aliphatic heterocycles. The number of hydrogen-bond acceptors (Lipinski definition) is 2. The maximum atomic E-state index is 5.96. The maximum Gasteiger partial charge on any atom is 0.0643 e. The van der Waals surface area contributed by atoms with Crippen LogP contribution in [0.1, 0.15) is 11.3 Å². The molecular formula is C12H13BrClN3. The van der Waals surface area contributed by atoms with Crippen molar-refractivity contribution in [3.63, 3.8) is 0 Å². The molecule has 5 heteroatoms. The fourth-order valence-corrected chi connectivity index (χ4v) is 2.20. The highest BCUT2D eigenvalue weighted by Gasteiger charge is 2.04. The third-order valence-electron chi connectivity index (χ3n) is 2.51. The quantitative estimate of drug-likeness (QED) is 0.935. The van der Waals surface area contributed by atoms with Crippen LogP contribution >= 0.6 is 27.5 Å². The lowest BCUT2D eigenvalue weighted by atomic mass is 10.2. The molecule has 90 valence electrons. The van der Waals surface area contributed by atoms with Gasteiger partial charge >= 0.3 is 0 Å². The molecule has 0 aliphatic carbocycles. The molecule has 0 unspecified atom stereocenters. The highest BCUT2D eigenvalue weighted by atomic mass is 79.9. The molecule has 1 aromatic carbocycles. The van der Waals surface area contributed by atoms with Gasteiger partial charge in [0, 0.05) is 34.8 Å². The van der Waals surface area contributed by atoms with E-state index in [1.54, 1.807) is 0 Å². The number of hydrogen-bond donors (Lipinski definition) is 1. The molecule has 2 rings (SSSR count). The SMILES string of the molecule is Cc1nn(C)cc1CNc1cc(Cl)ccc1Br. The Kier molecular flexibility index (Phi) is 3.74. The largest absolute Gasteiger partial charge is 0.380 e. The normalized spacial score (nSPS) is 10.6. The number of aromatic nitrogens is 2. The van der Waals surface area contributed by atoms with Gasteiger partial charge in [0.1, 0.15) is 0 Å². The first-order chi connectivity index (χ1) is 8.06. The van der Waals surface area contributed by atoms with Gasteiger partial charge in [0.25, 0.3) is 0 Å². The summed E-state index contributed by atoms with van der Waals surface area (Å²) in [4.78, 5) is 0. The summed E-state index contributed by atoms with van der Waals surface area (Å²) in [6.45, 7) is 2.74. The van der Waals surface area contributed by atoms with E-state index in [-0.39, 0.29) is 0 Å². The summed E-state index contributed by atoms with van der Waals surface area (Å²) in [6, 6.07) is 5.68. The molecule has 2 aromatic rings. The minimum atomic E-state index is 0.721. The second-order valence-electron chi connectivity index (χ2n) is 3.89. The summed E-state index contributed by atoms with van der Waals surface area (Å²) in [5.41, 5.74) is 3.21. The number of halogens is 2. The molecule has 1 heterocycles. The lowest BCUT2D eigenvalue weighted by Gasteiger charge is -2.08. The van der Waals surface area contributed by atoms with Crippen LogP contribution in [0.15, 0.2) is 28.9 Å². The highest BCUT2D eigenvalue weighted by molar-refractivity contribution is 9.10. The van der Waals surface area contributed by atoms with Crippen LogP contribution in [-0.4, -0.2) is 9.78 Å². The molecule has 3 nitrogen and oxygen atoms in total. The van der Waals surface area contributed by atoms with E-state index >= 15 is 0 Å². The molecule has 0 aliphatic rings. The van der Waals surface area contributed by atoms with Crippen molar-refractivity contribution in [2.45, 2.75) is 13.5 Å². The summed E-state index contributed by atoms with van der Waals surface area (Å²) < 4.78 is 2.82. The minimum Gasteiger partial charge on any atom is -0.380 e. The minimum absolute atomic E-state index is 0.721. The summed E-state index contributed by atoms with van der Waals surface area (Å²) in [6.07, 6.45) is 2.01. The van der Waals surface area contributed by atoms with Crippen molar-refractivity contribution in [2.24, 2.45) is 7.05 Å². The van der Waals surface area contributed by atoms with E-state index in [0.717, 1.165) is 27.4 Å². The highest BCUT2D eigenvalue weighted by Crippen LogP contribution is 2.26. The molecule has 1 aromatic heterocycles. The number of nitrogens with one attached hydrogen (secondary N) is 1. The van der Waals surface area contributed by atoms with Crippen molar-refractivity contribution in [1.29, 1.82) is 0 Å². The van der Waals surface area contributed by atoms with E-state index < -0.39 is 0 Å². The Bertz CT molecular complexity index is 537. The summed E-state index contributed by atoms with van der Waals surface area (Å²) >= 11 is 9.44. The van der Waals surface area contributed by atoms with Gasteiger partial charge in [-0.2, -0.15) is 5.10 Å². The average Bonchev–Trinajstić information content (AvgIpc) is 2.59. The Labute approximate surface area is 114 Å². The molecule has 0 bridgehead atoms. The zero-order chi connectivity index (χ0) is 12.4. The molecule has 0 spiro atoms. The predicted molar refractivity (Wildman–Crippen MR) is 74.4 cm³/mol. The first-order valence-corrected chi connectivity index (χ1v) is 6.41. The molecule has 0 radical (unpaired) electrons. The molecule has 17 heavy (non-hydrogen) atoms. The van der Waals surface area contributed by atoms with Crippen LogP contribution in [0.3, 0.4) is 0 Å². The van der Waals surface area contributed by atoms with Crippen LogP contribution in [-0.2, 0) is 13.6 Å². The first kappa shape index (κ1) is 12.5. The number of nitrogens with zero attached hydrogens (tertiary/aromatic N) is 2. The molecule has 0 saturated carbocycles. The van der Waals surface area contributed by atoms with Gasteiger partial charge in [-0.05, 0) is 41.1 Å². The Morgan fingerprint density at radius 1 is 1.47 bits per heavy atom. The second-order valence-corrected chi connectivity index (χ2v) is 5.18. The van der Waals surface area contributed by atoms with E-state index in [4.69, 9.17) is 11.6 Å². The maximum absolute atomic E-state index is 5.96. The van der Waals surface area contributed by atoms with E-state index in [1.165, 1.54) is 5.56 Å². The van der Waals surface area contributed by atoms with Gasteiger partial charge in [0.15, 0.2) is 0 Å². The van der Waals surface area contributed by atoms with Crippen LogP contribution < -0.4 is 5.32 Å².